The van der Waals surface area contributed by atoms with Crippen LogP contribution < -0.4 is 5.32 Å². The van der Waals surface area contributed by atoms with Gasteiger partial charge in [-0.3, -0.25) is 0 Å². The second-order valence-corrected chi connectivity index (χ2v) is 5.96. The highest BCUT2D eigenvalue weighted by Crippen LogP contribution is 2.35. The highest BCUT2D eigenvalue weighted by molar-refractivity contribution is 7.15. The van der Waals surface area contributed by atoms with Crippen LogP contribution in [0.4, 0.5) is 0 Å². The predicted molar refractivity (Wildman–Crippen MR) is 79.1 cm³/mol. The summed E-state index contributed by atoms with van der Waals surface area (Å²) in [4.78, 5) is 7.09. The minimum atomic E-state index is 0. The fourth-order valence-corrected chi connectivity index (χ4v) is 3.42. The van der Waals surface area contributed by atoms with Crippen LogP contribution in [0, 0.1) is 0 Å². The Hall–Kier alpha value is -0.910. The van der Waals surface area contributed by atoms with Gasteiger partial charge in [0.05, 0.1) is 4.88 Å². The summed E-state index contributed by atoms with van der Waals surface area (Å²) in [5.74, 6) is 1.45. The molecule has 0 radical (unpaired) electrons. The topological polar surface area (TPSA) is 51.0 Å². The van der Waals surface area contributed by atoms with E-state index >= 15 is 0 Å². The normalized spacial score (nSPS) is 15.1. The van der Waals surface area contributed by atoms with Gasteiger partial charge in [0.1, 0.15) is 0 Å². The Balaban J connectivity index is 0.00000133. The van der Waals surface area contributed by atoms with Crippen molar-refractivity contribution >= 4 is 23.7 Å². The number of halogens is 1. The van der Waals surface area contributed by atoms with E-state index < -0.39 is 0 Å². The Kier molecular flexibility index (Phi) is 4.60. The molecule has 2 aromatic heterocycles. The number of thiophene rings is 1. The van der Waals surface area contributed by atoms with Crippen LogP contribution >= 0.6 is 23.7 Å². The summed E-state index contributed by atoms with van der Waals surface area (Å²) in [5, 5.41) is 7.22. The average molecular weight is 300 g/mol. The zero-order valence-electron chi connectivity index (χ0n) is 11.1. The number of nitrogens with one attached hydrogen (secondary N) is 1. The maximum absolute atomic E-state index is 5.35. The van der Waals surface area contributed by atoms with E-state index in [4.69, 9.17) is 4.52 Å². The van der Waals surface area contributed by atoms with Gasteiger partial charge in [-0.25, -0.2) is 0 Å². The van der Waals surface area contributed by atoms with Crippen LogP contribution in [0.1, 0.15) is 29.6 Å². The quantitative estimate of drug-likeness (QED) is 0.943. The molecular weight excluding hydrogens is 282 g/mol. The van der Waals surface area contributed by atoms with Crippen molar-refractivity contribution in [2.24, 2.45) is 0 Å². The number of hydrogen-bond donors (Lipinski definition) is 1. The summed E-state index contributed by atoms with van der Waals surface area (Å²) in [6, 6.07) is 2.58. The monoisotopic (exact) mass is 299 g/mol. The lowest BCUT2D eigenvalue weighted by Crippen LogP contribution is -2.24. The number of aromatic nitrogens is 2. The van der Waals surface area contributed by atoms with Crippen LogP contribution in [0.2, 0.25) is 0 Å². The zero-order chi connectivity index (χ0) is 12.5. The second kappa shape index (κ2) is 6.03. The van der Waals surface area contributed by atoms with Crippen molar-refractivity contribution in [2.45, 2.75) is 38.6 Å². The average Bonchev–Trinajstić information content (AvgIpc) is 3.01. The predicted octanol–water partition coefficient (Wildman–Crippen LogP) is 2.86. The molecule has 1 aliphatic carbocycles. The van der Waals surface area contributed by atoms with Crippen molar-refractivity contribution in [1.82, 2.24) is 15.5 Å². The summed E-state index contributed by atoms with van der Waals surface area (Å²) in [7, 11) is 1.94. The molecule has 0 amide bonds. The molecule has 0 aliphatic heterocycles. The largest absolute Gasteiger partial charge is 0.333 e. The summed E-state index contributed by atoms with van der Waals surface area (Å²) >= 11 is 1.80. The first-order valence-electron chi connectivity index (χ1n) is 6.38. The summed E-state index contributed by atoms with van der Waals surface area (Å²) < 4.78 is 5.35. The molecule has 1 N–H and O–H groups in total. The molecule has 3 rings (SSSR count). The molecule has 1 atom stereocenters. The number of hydrogen-bond acceptors (Lipinski definition) is 5. The fraction of sp³-hybridized carbons (Fsp3) is 0.538. The summed E-state index contributed by atoms with van der Waals surface area (Å²) in [6.45, 7) is 2.11. The molecule has 0 aromatic carbocycles. The smallest absolute Gasteiger partial charge is 0.268 e. The molecule has 6 heteroatoms. The molecule has 2 heterocycles. The van der Waals surface area contributed by atoms with Gasteiger partial charge in [-0.15, -0.1) is 23.7 Å². The highest BCUT2D eigenvalue weighted by atomic mass is 35.5. The van der Waals surface area contributed by atoms with Crippen molar-refractivity contribution in [3.05, 3.63) is 22.3 Å². The number of nitrogens with zero attached hydrogens (tertiary/aromatic N) is 2. The van der Waals surface area contributed by atoms with Gasteiger partial charge in [-0.1, -0.05) is 5.16 Å². The molecule has 19 heavy (non-hydrogen) atoms. The Morgan fingerprint density at radius 3 is 3.05 bits per heavy atom. The lowest BCUT2D eigenvalue weighted by molar-refractivity contribution is 0.419. The van der Waals surface area contributed by atoms with Crippen LogP contribution in [0.3, 0.4) is 0 Å². The highest BCUT2D eigenvalue weighted by Gasteiger charge is 2.19. The summed E-state index contributed by atoms with van der Waals surface area (Å²) in [6.07, 6.45) is 4.49. The van der Waals surface area contributed by atoms with Crippen LogP contribution in [-0.2, 0) is 19.3 Å². The van der Waals surface area contributed by atoms with Gasteiger partial charge < -0.3 is 9.84 Å². The van der Waals surface area contributed by atoms with Gasteiger partial charge in [0.25, 0.3) is 5.89 Å². The number of aryl methyl sites for hydroxylation is 2. The molecule has 0 spiro atoms. The molecule has 1 aliphatic rings. The van der Waals surface area contributed by atoms with Crippen LogP contribution in [0.5, 0.6) is 0 Å². The van der Waals surface area contributed by atoms with E-state index in [-0.39, 0.29) is 12.4 Å². The van der Waals surface area contributed by atoms with Crippen molar-refractivity contribution in [1.29, 1.82) is 0 Å². The van der Waals surface area contributed by atoms with Gasteiger partial charge in [0, 0.05) is 17.3 Å². The van der Waals surface area contributed by atoms with Crippen molar-refractivity contribution in [3.8, 4) is 10.8 Å². The Morgan fingerprint density at radius 1 is 1.47 bits per heavy atom. The SMILES string of the molecule is CNC(C)Cc1noc(-c2cc3c(s2)CCC3)n1.Cl. The number of rotatable bonds is 4. The molecule has 104 valence electrons. The first-order chi connectivity index (χ1) is 8.76. The van der Waals surface area contributed by atoms with E-state index in [9.17, 15) is 0 Å². The maximum Gasteiger partial charge on any atom is 0.268 e. The minimum Gasteiger partial charge on any atom is -0.333 e. The van der Waals surface area contributed by atoms with Gasteiger partial charge in [-0.2, -0.15) is 4.98 Å². The minimum absolute atomic E-state index is 0. The third kappa shape index (κ3) is 2.99. The Labute approximate surface area is 123 Å². The van der Waals surface area contributed by atoms with Gasteiger partial charge in [0.15, 0.2) is 5.82 Å². The maximum atomic E-state index is 5.35. The Bertz CT molecular complexity index is 530. The van der Waals surface area contributed by atoms with Gasteiger partial charge in [0.2, 0.25) is 0 Å². The van der Waals surface area contributed by atoms with E-state index in [2.05, 4.69) is 28.4 Å². The fourth-order valence-electron chi connectivity index (χ4n) is 2.25. The first-order valence-corrected chi connectivity index (χ1v) is 7.19. The van der Waals surface area contributed by atoms with Crippen LogP contribution in [-0.4, -0.2) is 23.2 Å². The van der Waals surface area contributed by atoms with Crippen molar-refractivity contribution in [3.63, 3.8) is 0 Å². The van der Waals surface area contributed by atoms with E-state index in [0.29, 0.717) is 11.9 Å². The lowest BCUT2D eigenvalue weighted by Gasteiger charge is -2.04. The molecule has 0 fully saturated rings. The van der Waals surface area contributed by atoms with Crippen molar-refractivity contribution < 1.29 is 4.52 Å². The Morgan fingerprint density at radius 2 is 2.32 bits per heavy atom. The summed E-state index contributed by atoms with van der Waals surface area (Å²) in [5.41, 5.74) is 1.47. The molecule has 2 aromatic rings. The van der Waals surface area contributed by atoms with Crippen molar-refractivity contribution in [2.75, 3.05) is 7.05 Å². The number of fused-ring (bicyclic) bond motifs is 1. The molecular formula is C13H18ClN3OS. The van der Waals surface area contributed by atoms with Crippen LogP contribution in [0.15, 0.2) is 10.6 Å². The third-order valence-electron chi connectivity index (χ3n) is 3.41. The van der Waals surface area contributed by atoms with E-state index in [1.807, 2.05) is 7.05 Å². The van der Waals surface area contributed by atoms with Gasteiger partial charge in [-0.05, 0) is 44.9 Å². The standard InChI is InChI=1S/C13H17N3OS.ClH/c1-8(14-2)6-12-15-13(17-16-12)11-7-9-4-3-5-10(9)18-11;/h7-8,14H,3-6H2,1-2H3;1H. The van der Waals surface area contributed by atoms with E-state index in [1.54, 1.807) is 11.3 Å². The zero-order valence-corrected chi connectivity index (χ0v) is 12.7. The number of likely N-dealkylation sites (N-methyl/N-ethyl adjacent to an activating group) is 1. The molecule has 4 nitrogen and oxygen atoms in total. The third-order valence-corrected chi connectivity index (χ3v) is 4.63. The second-order valence-electron chi connectivity index (χ2n) is 4.82. The van der Waals surface area contributed by atoms with E-state index in [0.717, 1.165) is 17.1 Å². The molecule has 0 bridgehead atoms. The lowest BCUT2D eigenvalue weighted by atomic mass is 10.2. The van der Waals surface area contributed by atoms with Gasteiger partial charge >= 0.3 is 0 Å². The molecule has 0 saturated carbocycles. The molecule has 0 saturated heterocycles. The molecule has 1 unspecified atom stereocenters. The van der Waals surface area contributed by atoms with Crippen LogP contribution in [0.25, 0.3) is 10.8 Å². The van der Waals surface area contributed by atoms with E-state index in [1.165, 1.54) is 29.7 Å². The first kappa shape index (κ1) is 14.5.